The second kappa shape index (κ2) is 10.4. The molecule has 2 aliphatic rings. The predicted molar refractivity (Wildman–Crippen MR) is 134 cm³/mol. The van der Waals surface area contributed by atoms with Crippen molar-refractivity contribution in [1.82, 2.24) is 14.6 Å². The summed E-state index contributed by atoms with van der Waals surface area (Å²) >= 11 is 0. The molecule has 1 N–H and O–H groups in total. The summed E-state index contributed by atoms with van der Waals surface area (Å²) in [5.41, 5.74) is 2.07. The van der Waals surface area contributed by atoms with Gasteiger partial charge in [0.2, 0.25) is 5.82 Å². The van der Waals surface area contributed by atoms with Crippen LogP contribution in [0.4, 0.5) is 0 Å². The molecule has 0 saturated carbocycles. The van der Waals surface area contributed by atoms with Crippen molar-refractivity contribution in [1.29, 1.82) is 0 Å². The van der Waals surface area contributed by atoms with Gasteiger partial charge in [0.1, 0.15) is 11.5 Å². The second-order valence-electron chi connectivity index (χ2n) is 8.49. The number of imidazole rings is 1. The quantitative estimate of drug-likeness (QED) is 0.536. The highest BCUT2D eigenvalue weighted by molar-refractivity contribution is 5.71. The average Bonchev–Trinajstić information content (AvgIpc) is 3.58. The summed E-state index contributed by atoms with van der Waals surface area (Å²) in [7, 11) is 0. The topological polar surface area (TPSA) is 108 Å². The minimum absolute atomic E-state index is 0.431. The molecule has 0 saturated heterocycles. The highest BCUT2D eigenvalue weighted by atomic mass is 16.5. The van der Waals surface area contributed by atoms with Gasteiger partial charge in [-0.1, -0.05) is 55.8 Å². The molecule has 0 unspecified atom stereocenters. The standard InChI is InChI=1S/C27H25N7O2/c1-2-3-11-26-28-20(18-35)17-33(26)16-19-12-13-22(24(15-19)25-10-6-7-14-34(25)36)21-8-4-5-9-23(21)27-29-31-32-30-27/h4-10,12-15,17-18,36H,2-3,11,16H2,1H3. The van der Waals surface area contributed by atoms with Gasteiger partial charge < -0.3 is 4.57 Å². The van der Waals surface area contributed by atoms with Crippen LogP contribution >= 0.6 is 0 Å². The van der Waals surface area contributed by atoms with Gasteiger partial charge in [0, 0.05) is 35.8 Å². The average molecular weight is 480 g/mol. The van der Waals surface area contributed by atoms with E-state index < -0.39 is 0 Å². The summed E-state index contributed by atoms with van der Waals surface area (Å²) in [5.74, 6) is 1.33. The van der Waals surface area contributed by atoms with Crippen LogP contribution in [0.15, 0.2) is 93.8 Å². The molecule has 0 bridgehead atoms. The number of rotatable bonds is 6. The second-order valence-corrected chi connectivity index (χ2v) is 8.49. The molecule has 5 rings (SSSR count). The van der Waals surface area contributed by atoms with Crippen LogP contribution in [0.1, 0.15) is 41.6 Å². The molecule has 180 valence electrons. The molecule has 0 amide bonds. The molecule has 3 aromatic rings. The van der Waals surface area contributed by atoms with E-state index in [-0.39, 0.29) is 0 Å². The zero-order chi connectivity index (χ0) is 24.9. The van der Waals surface area contributed by atoms with Crippen molar-refractivity contribution in [3.05, 3.63) is 111 Å². The van der Waals surface area contributed by atoms with E-state index in [4.69, 9.17) is 0 Å². The van der Waals surface area contributed by atoms with Crippen LogP contribution in [-0.2, 0) is 13.0 Å². The third-order valence-corrected chi connectivity index (χ3v) is 6.08. The Morgan fingerprint density at radius 3 is 2.50 bits per heavy atom. The van der Waals surface area contributed by atoms with Gasteiger partial charge in [-0.05, 0) is 51.1 Å². The molecule has 0 spiro atoms. The van der Waals surface area contributed by atoms with Gasteiger partial charge in [0.05, 0.1) is 5.70 Å². The van der Waals surface area contributed by atoms with Crippen LogP contribution in [0.25, 0.3) is 11.5 Å². The zero-order valence-electron chi connectivity index (χ0n) is 19.8. The number of nitrogens with zero attached hydrogens (tertiary/aromatic N) is 7. The van der Waals surface area contributed by atoms with Gasteiger partial charge in [0.15, 0.2) is 6.29 Å². The number of hydroxylamine groups is 2. The first-order valence-corrected chi connectivity index (χ1v) is 11.8. The minimum atomic E-state index is 0.431. The summed E-state index contributed by atoms with van der Waals surface area (Å²) in [6.45, 7) is 2.68. The summed E-state index contributed by atoms with van der Waals surface area (Å²) in [6.07, 6.45) is 12.5. The van der Waals surface area contributed by atoms with Gasteiger partial charge in [0.25, 0.3) is 0 Å². The van der Waals surface area contributed by atoms with Crippen LogP contribution < -0.4 is 10.4 Å². The smallest absolute Gasteiger partial charge is 0.207 e. The fraction of sp³-hybridized carbons (Fsp3) is 0.185. The number of aromatic nitrogens is 2. The van der Waals surface area contributed by atoms with Gasteiger partial charge in [-0.2, -0.15) is 0 Å². The first kappa shape index (κ1) is 23.3. The SMILES string of the molecule is CCCCc1nc(C=O)cn1Cc1ccc(=c2ccccc2=C2N=NN=N2)c(=C2C=CC=CN2O)c1. The number of aldehydes is 1. The number of aryl methyl sites for hydroxylation is 1. The molecule has 0 atom stereocenters. The van der Waals surface area contributed by atoms with Crippen LogP contribution in [0.5, 0.6) is 0 Å². The van der Waals surface area contributed by atoms with Crippen molar-refractivity contribution in [2.24, 2.45) is 20.7 Å². The van der Waals surface area contributed by atoms with Gasteiger partial charge in [-0.3, -0.25) is 10.0 Å². The predicted octanol–water partition coefficient (Wildman–Crippen LogP) is 4.16. The maximum Gasteiger partial charge on any atom is 0.207 e. The first-order valence-electron chi connectivity index (χ1n) is 11.8. The van der Waals surface area contributed by atoms with Crippen LogP contribution in [0.2, 0.25) is 0 Å². The number of benzene rings is 2. The Bertz CT molecular complexity index is 1630. The number of hydrogen-bond acceptors (Lipinski definition) is 8. The van der Waals surface area contributed by atoms with Crippen molar-refractivity contribution in [2.75, 3.05) is 0 Å². The number of hydrogen-bond donors (Lipinski definition) is 1. The van der Waals surface area contributed by atoms with Crippen molar-refractivity contribution >= 4 is 17.8 Å². The maximum atomic E-state index is 11.4. The van der Waals surface area contributed by atoms with Crippen molar-refractivity contribution in [2.45, 2.75) is 32.7 Å². The van der Waals surface area contributed by atoms with Crippen molar-refractivity contribution in [3.63, 3.8) is 0 Å². The lowest BCUT2D eigenvalue weighted by Crippen LogP contribution is -2.22. The highest BCUT2D eigenvalue weighted by Crippen LogP contribution is 2.13. The van der Waals surface area contributed by atoms with E-state index in [9.17, 15) is 10.0 Å². The number of allylic oxidation sites excluding steroid dienone is 2. The Morgan fingerprint density at radius 2 is 1.75 bits per heavy atom. The number of carbonyl (C=O) groups is 1. The molecule has 2 aromatic carbocycles. The molecule has 3 heterocycles. The lowest BCUT2D eigenvalue weighted by molar-refractivity contribution is 0.0241. The molecule has 1 aromatic heterocycles. The monoisotopic (exact) mass is 479 g/mol. The molecule has 2 aliphatic heterocycles. The molecule has 9 heteroatoms. The van der Waals surface area contributed by atoms with E-state index in [1.54, 1.807) is 18.5 Å². The normalized spacial score (nSPS) is 16.8. The summed E-state index contributed by atoms with van der Waals surface area (Å²) in [5, 5.41) is 30.6. The lowest BCUT2D eigenvalue weighted by atomic mass is 10.1. The van der Waals surface area contributed by atoms with Gasteiger partial charge in [-0.15, -0.1) is 10.2 Å². The van der Waals surface area contributed by atoms with Crippen LogP contribution in [0.3, 0.4) is 0 Å². The molecular formula is C27H25N7O2. The van der Waals surface area contributed by atoms with E-state index in [1.165, 1.54) is 0 Å². The highest BCUT2D eigenvalue weighted by Gasteiger charge is 2.11. The molecule has 9 nitrogen and oxygen atoms in total. The Balaban J connectivity index is 1.76. The Kier molecular flexibility index (Phi) is 6.72. The Labute approximate surface area is 207 Å². The molecular weight excluding hydrogens is 454 g/mol. The van der Waals surface area contributed by atoms with E-state index >= 15 is 0 Å². The Hall–Kier alpha value is -4.50. The van der Waals surface area contributed by atoms with Crippen molar-refractivity contribution < 1.29 is 10.0 Å². The molecule has 0 fully saturated rings. The van der Waals surface area contributed by atoms with Gasteiger partial charge >= 0.3 is 0 Å². The van der Waals surface area contributed by atoms with Crippen LogP contribution in [0, 0.1) is 10.4 Å². The zero-order valence-corrected chi connectivity index (χ0v) is 19.8. The third-order valence-electron chi connectivity index (χ3n) is 6.08. The molecule has 0 radical (unpaired) electrons. The van der Waals surface area contributed by atoms with E-state index in [0.29, 0.717) is 23.8 Å². The fourth-order valence-electron chi connectivity index (χ4n) is 4.35. The van der Waals surface area contributed by atoms with E-state index in [2.05, 4.69) is 38.6 Å². The van der Waals surface area contributed by atoms with Gasteiger partial charge in [-0.25, -0.2) is 10.0 Å². The van der Waals surface area contributed by atoms with Crippen LogP contribution in [-0.4, -0.2) is 26.1 Å². The van der Waals surface area contributed by atoms with E-state index in [0.717, 1.165) is 62.9 Å². The summed E-state index contributed by atoms with van der Waals surface area (Å²) < 4.78 is 2.03. The summed E-state index contributed by atoms with van der Waals surface area (Å²) in [6, 6.07) is 13.9. The summed E-state index contributed by atoms with van der Waals surface area (Å²) in [4.78, 5) is 15.9. The molecule has 36 heavy (non-hydrogen) atoms. The Morgan fingerprint density at radius 1 is 0.972 bits per heavy atom. The molecule has 0 aliphatic carbocycles. The number of carbonyl (C=O) groups excluding carboxylic acids is 1. The number of unbranched alkanes of at least 4 members (excludes halogenated alkanes) is 1. The van der Waals surface area contributed by atoms with Crippen molar-refractivity contribution in [3.8, 4) is 0 Å². The third kappa shape index (κ3) is 4.69. The maximum absolute atomic E-state index is 11.4. The lowest BCUT2D eigenvalue weighted by Gasteiger charge is -2.16. The minimum Gasteiger partial charge on any atom is -0.330 e. The largest absolute Gasteiger partial charge is 0.330 e. The van der Waals surface area contributed by atoms with E-state index in [1.807, 2.05) is 53.1 Å². The fourth-order valence-corrected chi connectivity index (χ4v) is 4.35. The first-order chi connectivity index (χ1) is 17.7.